The molecular weight excluding hydrogens is 218 g/mol. The number of likely N-dealkylation sites (tertiary alicyclic amines) is 1. The van der Waals surface area contributed by atoms with Gasteiger partial charge in [0.15, 0.2) is 0 Å². The zero-order valence-corrected chi connectivity index (χ0v) is 10.5. The SMILES string of the molecule is CC1=C2CCN(C)C[C@@H]2c2cc(Cl)ccc21. The largest absolute Gasteiger partial charge is 0.305 e. The van der Waals surface area contributed by atoms with Crippen LogP contribution in [0.2, 0.25) is 5.02 Å². The molecule has 0 spiro atoms. The van der Waals surface area contributed by atoms with Crippen molar-refractivity contribution in [2.45, 2.75) is 19.3 Å². The molecule has 16 heavy (non-hydrogen) atoms. The first-order chi connectivity index (χ1) is 7.66. The molecule has 1 aliphatic carbocycles. The lowest BCUT2D eigenvalue weighted by Crippen LogP contribution is -2.31. The topological polar surface area (TPSA) is 3.24 Å². The van der Waals surface area contributed by atoms with Crippen LogP contribution in [0.4, 0.5) is 0 Å². The molecule has 0 aromatic heterocycles. The molecule has 1 nitrogen and oxygen atoms in total. The molecule has 0 saturated carbocycles. The second-order valence-electron chi connectivity index (χ2n) is 4.95. The molecule has 0 bridgehead atoms. The van der Waals surface area contributed by atoms with Gasteiger partial charge in [0.1, 0.15) is 0 Å². The third-order valence-electron chi connectivity index (χ3n) is 3.95. The smallest absolute Gasteiger partial charge is 0.0409 e. The summed E-state index contributed by atoms with van der Waals surface area (Å²) in [6.45, 7) is 4.58. The maximum Gasteiger partial charge on any atom is 0.0409 e. The quantitative estimate of drug-likeness (QED) is 0.663. The molecule has 2 heteroatoms. The van der Waals surface area contributed by atoms with Crippen molar-refractivity contribution in [1.82, 2.24) is 4.90 Å². The van der Waals surface area contributed by atoms with E-state index in [2.05, 4.69) is 31.0 Å². The molecule has 0 amide bonds. The molecule has 0 unspecified atom stereocenters. The van der Waals surface area contributed by atoms with E-state index in [0.29, 0.717) is 5.92 Å². The van der Waals surface area contributed by atoms with Crippen LogP contribution in [0, 0.1) is 0 Å². The normalized spacial score (nSPS) is 24.6. The molecule has 84 valence electrons. The highest BCUT2D eigenvalue weighted by Gasteiger charge is 2.32. The number of piperidine rings is 1. The summed E-state index contributed by atoms with van der Waals surface area (Å²) in [6, 6.07) is 6.33. The molecule has 1 atom stereocenters. The second kappa shape index (κ2) is 3.61. The van der Waals surface area contributed by atoms with Gasteiger partial charge in [0, 0.05) is 24.0 Å². The summed E-state index contributed by atoms with van der Waals surface area (Å²) >= 11 is 6.11. The van der Waals surface area contributed by atoms with Gasteiger partial charge in [-0.05, 0) is 49.2 Å². The number of likely N-dealkylation sites (N-methyl/N-ethyl adjacent to an activating group) is 1. The first kappa shape index (κ1) is 10.4. The van der Waals surface area contributed by atoms with Crippen LogP contribution in [0.3, 0.4) is 0 Å². The Hall–Kier alpha value is -0.790. The minimum Gasteiger partial charge on any atom is -0.305 e. The third kappa shape index (κ3) is 1.42. The summed E-state index contributed by atoms with van der Waals surface area (Å²) in [7, 11) is 2.20. The van der Waals surface area contributed by atoms with E-state index >= 15 is 0 Å². The standard InChI is InChI=1S/C14H16ClN/c1-9-11-4-3-10(15)7-13(11)14-8-16(2)6-5-12(9)14/h3-4,7,14H,5-6,8H2,1-2H3/t14-/m0/s1. The Kier molecular flexibility index (Phi) is 2.34. The van der Waals surface area contributed by atoms with Gasteiger partial charge in [0.05, 0.1) is 0 Å². The highest BCUT2D eigenvalue weighted by Crippen LogP contribution is 2.46. The number of fused-ring (bicyclic) bond motifs is 3. The maximum atomic E-state index is 6.11. The van der Waals surface area contributed by atoms with E-state index < -0.39 is 0 Å². The van der Waals surface area contributed by atoms with Crippen LogP contribution in [0.5, 0.6) is 0 Å². The van der Waals surface area contributed by atoms with Gasteiger partial charge in [-0.2, -0.15) is 0 Å². The lowest BCUT2D eigenvalue weighted by Gasteiger charge is -2.30. The van der Waals surface area contributed by atoms with E-state index in [4.69, 9.17) is 11.6 Å². The highest BCUT2D eigenvalue weighted by atomic mass is 35.5. The fourth-order valence-electron chi connectivity index (χ4n) is 3.07. The molecule has 3 rings (SSSR count). The number of nitrogens with zero attached hydrogens (tertiary/aromatic N) is 1. The van der Waals surface area contributed by atoms with Crippen molar-refractivity contribution in [3.05, 3.63) is 39.9 Å². The Labute approximate surface area is 102 Å². The number of hydrogen-bond donors (Lipinski definition) is 0. The van der Waals surface area contributed by atoms with Crippen molar-refractivity contribution < 1.29 is 0 Å². The van der Waals surface area contributed by atoms with Crippen LogP contribution in [-0.2, 0) is 0 Å². The number of rotatable bonds is 0. The van der Waals surface area contributed by atoms with Crippen LogP contribution in [0.15, 0.2) is 23.8 Å². The molecule has 1 aromatic rings. The molecule has 1 heterocycles. The van der Waals surface area contributed by atoms with Crippen molar-refractivity contribution in [2.24, 2.45) is 0 Å². The predicted molar refractivity (Wildman–Crippen MR) is 68.9 cm³/mol. The minimum absolute atomic E-state index is 0.590. The van der Waals surface area contributed by atoms with E-state index in [9.17, 15) is 0 Å². The van der Waals surface area contributed by atoms with Gasteiger partial charge in [0.25, 0.3) is 0 Å². The van der Waals surface area contributed by atoms with E-state index in [1.54, 1.807) is 5.57 Å². The second-order valence-corrected chi connectivity index (χ2v) is 5.38. The Balaban J connectivity index is 2.12. The van der Waals surface area contributed by atoms with Crippen LogP contribution in [-0.4, -0.2) is 25.0 Å². The predicted octanol–water partition coefficient (Wildman–Crippen LogP) is 3.55. The van der Waals surface area contributed by atoms with Crippen LogP contribution in [0.1, 0.15) is 30.4 Å². The maximum absolute atomic E-state index is 6.11. The van der Waals surface area contributed by atoms with Gasteiger partial charge < -0.3 is 4.90 Å². The van der Waals surface area contributed by atoms with Crippen molar-refractivity contribution >= 4 is 17.2 Å². The Morgan fingerprint density at radius 3 is 3.00 bits per heavy atom. The monoisotopic (exact) mass is 233 g/mol. The summed E-state index contributed by atoms with van der Waals surface area (Å²) < 4.78 is 0. The van der Waals surface area contributed by atoms with Crippen molar-refractivity contribution in [2.75, 3.05) is 20.1 Å². The van der Waals surface area contributed by atoms with E-state index in [1.165, 1.54) is 29.7 Å². The van der Waals surface area contributed by atoms with Crippen LogP contribution >= 0.6 is 11.6 Å². The average Bonchev–Trinajstić information content (AvgIpc) is 2.52. The molecule has 0 N–H and O–H groups in total. The zero-order chi connectivity index (χ0) is 11.3. The van der Waals surface area contributed by atoms with Crippen LogP contribution in [0.25, 0.3) is 5.57 Å². The molecule has 1 aliphatic heterocycles. The van der Waals surface area contributed by atoms with Gasteiger partial charge in [-0.25, -0.2) is 0 Å². The number of hydrogen-bond acceptors (Lipinski definition) is 1. The Morgan fingerprint density at radius 2 is 2.19 bits per heavy atom. The molecule has 1 saturated heterocycles. The van der Waals surface area contributed by atoms with Crippen molar-refractivity contribution in [3.63, 3.8) is 0 Å². The van der Waals surface area contributed by atoms with Gasteiger partial charge in [-0.15, -0.1) is 0 Å². The van der Waals surface area contributed by atoms with Crippen molar-refractivity contribution in [3.8, 4) is 0 Å². The van der Waals surface area contributed by atoms with Crippen LogP contribution < -0.4 is 0 Å². The molecule has 0 radical (unpaired) electrons. The summed E-state index contributed by atoms with van der Waals surface area (Å²) in [5.74, 6) is 0.590. The minimum atomic E-state index is 0.590. The van der Waals surface area contributed by atoms with E-state index in [-0.39, 0.29) is 0 Å². The van der Waals surface area contributed by atoms with E-state index in [0.717, 1.165) is 11.6 Å². The van der Waals surface area contributed by atoms with Gasteiger partial charge >= 0.3 is 0 Å². The fourth-order valence-corrected chi connectivity index (χ4v) is 3.25. The van der Waals surface area contributed by atoms with Gasteiger partial charge in [0.2, 0.25) is 0 Å². The van der Waals surface area contributed by atoms with E-state index in [1.807, 2.05) is 6.07 Å². The summed E-state index contributed by atoms with van der Waals surface area (Å²) in [6.07, 6.45) is 1.21. The van der Waals surface area contributed by atoms with Gasteiger partial charge in [-0.1, -0.05) is 23.2 Å². The first-order valence-corrected chi connectivity index (χ1v) is 6.22. The number of halogens is 1. The highest BCUT2D eigenvalue weighted by molar-refractivity contribution is 6.30. The molecular formula is C14H16ClN. The Morgan fingerprint density at radius 1 is 1.38 bits per heavy atom. The first-order valence-electron chi connectivity index (χ1n) is 5.85. The fraction of sp³-hybridized carbons (Fsp3) is 0.429. The molecule has 1 fully saturated rings. The molecule has 1 aromatic carbocycles. The Bertz CT molecular complexity index is 476. The lowest BCUT2D eigenvalue weighted by atomic mass is 9.90. The third-order valence-corrected chi connectivity index (χ3v) is 4.19. The number of benzene rings is 1. The zero-order valence-electron chi connectivity index (χ0n) is 9.76. The summed E-state index contributed by atoms with van der Waals surface area (Å²) in [4.78, 5) is 2.41. The number of allylic oxidation sites excluding steroid dienone is 1. The lowest BCUT2D eigenvalue weighted by molar-refractivity contribution is 0.294. The van der Waals surface area contributed by atoms with Gasteiger partial charge in [-0.3, -0.25) is 0 Å². The average molecular weight is 234 g/mol. The summed E-state index contributed by atoms with van der Waals surface area (Å²) in [5.41, 5.74) is 5.98. The van der Waals surface area contributed by atoms with Crippen molar-refractivity contribution in [1.29, 1.82) is 0 Å². The molecule has 2 aliphatic rings. The summed E-state index contributed by atoms with van der Waals surface area (Å²) in [5, 5.41) is 0.862.